The van der Waals surface area contributed by atoms with Crippen molar-refractivity contribution in [3.63, 3.8) is 0 Å². The summed E-state index contributed by atoms with van der Waals surface area (Å²) in [4.78, 5) is 9.82. The molecule has 0 N–H and O–H groups in total. The zero-order chi connectivity index (χ0) is 37.6. The molecule has 0 spiro atoms. The van der Waals surface area contributed by atoms with Crippen molar-refractivity contribution in [2.24, 2.45) is 7.05 Å². The molecule has 55 heavy (non-hydrogen) atoms. The molecule has 0 saturated heterocycles. The highest BCUT2D eigenvalue weighted by Crippen LogP contribution is 2.45. The summed E-state index contributed by atoms with van der Waals surface area (Å²) >= 11 is 0. The van der Waals surface area contributed by atoms with Crippen molar-refractivity contribution >= 4 is 60.7 Å². The lowest BCUT2D eigenvalue weighted by Crippen LogP contribution is -2.24. The van der Waals surface area contributed by atoms with Gasteiger partial charge >= 0.3 is 0 Å². The van der Waals surface area contributed by atoms with Gasteiger partial charge in [-0.2, -0.15) is 0 Å². The van der Waals surface area contributed by atoms with Crippen molar-refractivity contribution < 1.29 is 4.74 Å². The Morgan fingerprint density at radius 1 is 0.582 bits per heavy atom. The third-order valence-electron chi connectivity index (χ3n) is 11.3. The summed E-state index contributed by atoms with van der Waals surface area (Å²) in [6, 6.07) is 48.0. The third-order valence-corrected chi connectivity index (χ3v) is 11.3. The molecule has 0 radical (unpaired) electrons. The maximum absolute atomic E-state index is 6.88. The van der Waals surface area contributed by atoms with E-state index in [0.717, 1.165) is 57.0 Å². The smallest absolute Gasteiger partial charge is 0.139 e. The Hall–Kier alpha value is -6.53. The molecule has 0 aliphatic carbocycles. The van der Waals surface area contributed by atoms with Gasteiger partial charge in [-0.25, -0.2) is 4.98 Å². The summed E-state index contributed by atoms with van der Waals surface area (Å²) in [5, 5.41) is 4.73. The molecule has 1 aliphatic heterocycles. The average Bonchev–Trinajstić information content (AvgIpc) is 3.80. The van der Waals surface area contributed by atoms with Gasteiger partial charge in [-0.05, 0) is 83.6 Å². The fourth-order valence-corrected chi connectivity index (χ4v) is 8.41. The molecule has 0 atom stereocenters. The molecule has 0 fully saturated rings. The molecule has 9 aromatic rings. The summed E-state index contributed by atoms with van der Waals surface area (Å²) < 4.78 is 11.4. The van der Waals surface area contributed by atoms with Crippen LogP contribution >= 0.6 is 0 Å². The van der Waals surface area contributed by atoms with Gasteiger partial charge in [-0.15, -0.1) is 0 Å². The van der Waals surface area contributed by atoms with Crippen LogP contribution < -0.4 is 14.5 Å². The molecular formula is C49H43N5O. The first-order chi connectivity index (χ1) is 26.6. The van der Waals surface area contributed by atoms with E-state index < -0.39 is 0 Å². The van der Waals surface area contributed by atoms with Crippen LogP contribution in [0.1, 0.15) is 31.9 Å². The van der Waals surface area contributed by atoms with Crippen LogP contribution in [0, 0.1) is 6.92 Å². The summed E-state index contributed by atoms with van der Waals surface area (Å²) in [6.07, 6.45) is 2.03. The zero-order valence-corrected chi connectivity index (χ0v) is 32.1. The van der Waals surface area contributed by atoms with Crippen LogP contribution in [0.3, 0.4) is 0 Å². The Kier molecular flexibility index (Phi) is 7.37. The monoisotopic (exact) mass is 717 g/mol. The second kappa shape index (κ2) is 12.3. The third kappa shape index (κ3) is 5.43. The van der Waals surface area contributed by atoms with E-state index in [1.54, 1.807) is 0 Å². The van der Waals surface area contributed by atoms with Gasteiger partial charge in [0.25, 0.3) is 0 Å². The van der Waals surface area contributed by atoms with Gasteiger partial charge in [-0.3, -0.25) is 4.57 Å². The zero-order valence-electron chi connectivity index (χ0n) is 32.1. The minimum atomic E-state index is -0.0877. The summed E-state index contributed by atoms with van der Waals surface area (Å²) in [6.45, 7) is 9.68. The minimum absolute atomic E-state index is 0.0877. The van der Waals surface area contributed by atoms with Crippen LogP contribution in [0.25, 0.3) is 60.6 Å². The first-order valence-corrected chi connectivity index (χ1v) is 19.0. The highest BCUT2D eigenvalue weighted by atomic mass is 16.5. The molecule has 0 bridgehead atoms. The van der Waals surface area contributed by atoms with Gasteiger partial charge in [0.2, 0.25) is 0 Å². The van der Waals surface area contributed by atoms with Crippen LogP contribution in [-0.2, 0) is 12.5 Å². The van der Waals surface area contributed by atoms with Gasteiger partial charge in [0.1, 0.15) is 17.3 Å². The van der Waals surface area contributed by atoms with Gasteiger partial charge in [0.05, 0.1) is 34.6 Å². The lowest BCUT2D eigenvalue weighted by Gasteiger charge is -2.26. The topological polar surface area (TPSA) is 38.5 Å². The SMILES string of the molecule is Cc1ccc2c(c1)c1cnc(-n3c4ccccc4c4ccc(Oc5cc(N6CN(C)c7ccc(-c8ccccc8)cc76)cc(C(C)(C)C)c5)cc43)cc1n2C. The fraction of sp³-hybridized carbons (Fsp3) is 0.163. The number of hydrogen-bond acceptors (Lipinski definition) is 4. The number of rotatable bonds is 5. The number of aromatic nitrogens is 3. The van der Waals surface area contributed by atoms with Crippen molar-refractivity contribution in [3.8, 4) is 28.4 Å². The average molecular weight is 718 g/mol. The first-order valence-electron chi connectivity index (χ1n) is 19.0. The van der Waals surface area contributed by atoms with Crippen LogP contribution in [0.5, 0.6) is 11.5 Å². The Morgan fingerprint density at radius 2 is 1.38 bits per heavy atom. The minimum Gasteiger partial charge on any atom is -0.457 e. The van der Waals surface area contributed by atoms with Crippen molar-refractivity contribution in [1.29, 1.82) is 0 Å². The lowest BCUT2D eigenvalue weighted by molar-refractivity contribution is 0.479. The van der Waals surface area contributed by atoms with Gasteiger partial charge in [-0.1, -0.05) is 87.0 Å². The molecule has 6 nitrogen and oxygen atoms in total. The van der Waals surface area contributed by atoms with E-state index in [-0.39, 0.29) is 5.41 Å². The molecule has 0 amide bonds. The number of hydrogen-bond donors (Lipinski definition) is 0. The number of anilines is 3. The van der Waals surface area contributed by atoms with Gasteiger partial charge in [0.15, 0.2) is 0 Å². The lowest BCUT2D eigenvalue weighted by atomic mass is 9.86. The van der Waals surface area contributed by atoms with Crippen LogP contribution in [0.15, 0.2) is 140 Å². The largest absolute Gasteiger partial charge is 0.457 e. The van der Waals surface area contributed by atoms with E-state index in [4.69, 9.17) is 9.72 Å². The van der Waals surface area contributed by atoms with Crippen molar-refractivity contribution in [2.45, 2.75) is 33.1 Å². The first kappa shape index (κ1) is 33.1. The van der Waals surface area contributed by atoms with Gasteiger partial charge in [0, 0.05) is 71.2 Å². The maximum atomic E-state index is 6.88. The Balaban J connectivity index is 1.08. The van der Waals surface area contributed by atoms with Crippen LogP contribution in [0.2, 0.25) is 0 Å². The molecule has 6 heteroatoms. The molecule has 270 valence electrons. The van der Waals surface area contributed by atoms with Crippen molar-refractivity contribution in [2.75, 3.05) is 23.5 Å². The predicted molar refractivity (Wildman–Crippen MR) is 230 cm³/mol. The molecule has 4 heterocycles. The molecule has 10 rings (SSSR count). The molecule has 0 saturated carbocycles. The Morgan fingerprint density at radius 3 is 2.22 bits per heavy atom. The standard InChI is InChI=1S/C49H43N5O/c1-31-16-20-42-40(22-31)41-29-50-48(28-45(41)52(42)6)54-43-15-11-10-14-38(43)39-19-18-36(27-46(39)54)55-37-25-34(49(2,3)4)24-35(26-37)53-30-51(5)44-21-17-33(23-47(44)53)32-12-8-7-9-13-32/h7-29H,30H2,1-6H3. The van der Waals surface area contributed by atoms with Crippen molar-refractivity contribution in [3.05, 3.63) is 151 Å². The van der Waals surface area contributed by atoms with Crippen LogP contribution in [-0.4, -0.2) is 27.8 Å². The highest BCUT2D eigenvalue weighted by molar-refractivity contribution is 6.11. The van der Waals surface area contributed by atoms with E-state index >= 15 is 0 Å². The second-order valence-electron chi connectivity index (χ2n) is 16.1. The predicted octanol–water partition coefficient (Wildman–Crippen LogP) is 12.4. The summed E-state index contributed by atoms with van der Waals surface area (Å²) in [5.41, 5.74) is 12.8. The Bertz CT molecular complexity index is 2970. The number of ether oxygens (including phenoxy) is 1. The van der Waals surface area contributed by atoms with E-state index in [0.29, 0.717) is 0 Å². The molecule has 1 aliphatic rings. The fourth-order valence-electron chi connectivity index (χ4n) is 8.41. The molecule has 0 unspecified atom stereocenters. The Labute approximate surface area is 321 Å². The summed E-state index contributed by atoms with van der Waals surface area (Å²) in [7, 11) is 4.30. The number of fused-ring (bicyclic) bond motifs is 7. The van der Waals surface area contributed by atoms with E-state index in [1.165, 1.54) is 49.9 Å². The van der Waals surface area contributed by atoms with E-state index in [9.17, 15) is 0 Å². The molecule has 3 aromatic heterocycles. The normalized spacial score (nSPS) is 13.1. The van der Waals surface area contributed by atoms with Gasteiger partial charge < -0.3 is 19.1 Å². The van der Waals surface area contributed by atoms with Crippen LogP contribution in [0.4, 0.5) is 17.1 Å². The maximum Gasteiger partial charge on any atom is 0.139 e. The van der Waals surface area contributed by atoms with E-state index in [1.807, 2.05) is 6.20 Å². The summed E-state index contributed by atoms with van der Waals surface area (Å²) in [5.74, 6) is 2.47. The second-order valence-corrected chi connectivity index (χ2v) is 16.1. The van der Waals surface area contributed by atoms with Crippen molar-refractivity contribution in [1.82, 2.24) is 14.1 Å². The number of pyridine rings is 1. The highest BCUT2D eigenvalue weighted by Gasteiger charge is 2.27. The quantitative estimate of drug-likeness (QED) is 0.178. The van der Waals surface area contributed by atoms with E-state index in [2.05, 4.69) is 194 Å². The number of benzene rings is 6. The number of nitrogens with zero attached hydrogens (tertiary/aromatic N) is 5. The molecule has 6 aromatic carbocycles. The molecular weight excluding hydrogens is 675 g/mol. The number of para-hydroxylation sites is 1. The number of aryl methyl sites for hydroxylation is 2.